The molecule has 0 radical (unpaired) electrons. The van der Waals surface area contributed by atoms with E-state index >= 15 is 0 Å². The van der Waals surface area contributed by atoms with Gasteiger partial charge in [-0.3, -0.25) is 10.1 Å². The maximum absolute atomic E-state index is 12.7. The van der Waals surface area contributed by atoms with E-state index in [1.54, 1.807) is 0 Å². The zero-order chi connectivity index (χ0) is 13.2. The first-order valence-corrected chi connectivity index (χ1v) is 4.88. The molecule has 0 fully saturated rings. The third kappa shape index (κ3) is 2.54. The fraction of sp³-hybridized carbons (Fsp3) is 0.250. The van der Waals surface area contributed by atoms with Gasteiger partial charge in [-0.05, 0) is 15.9 Å². The molecule has 1 aromatic rings. The lowest BCUT2D eigenvalue weighted by molar-refractivity contribution is -0.386. The molecule has 0 aliphatic heterocycles. The molecule has 0 unspecified atom stereocenters. The van der Waals surface area contributed by atoms with Crippen LogP contribution in [0.3, 0.4) is 0 Å². The summed E-state index contributed by atoms with van der Waals surface area (Å²) >= 11 is 2.66. The molecule has 0 amide bonds. The van der Waals surface area contributed by atoms with Crippen molar-refractivity contribution in [3.05, 3.63) is 32.0 Å². The fourth-order valence-electron chi connectivity index (χ4n) is 1.08. The van der Waals surface area contributed by atoms with Gasteiger partial charge in [-0.15, -0.1) is 0 Å². The van der Waals surface area contributed by atoms with Gasteiger partial charge in [0.25, 0.3) is 6.43 Å². The van der Waals surface area contributed by atoms with Gasteiger partial charge in [-0.2, -0.15) is 0 Å². The highest BCUT2D eigenvalue weighted by atomic mass is 79.9. The van der Waals surface area contributed by atoms with E-state index in [-0.39, 0.29) is 0 Å². The molecule has 17 heavy (non-hydrogen) atoms. The number of pyridine rings is 1. The molecule has 0 saturated carbocycles. The van der Waals surface area contributed by atoms with E-state index in [4.69, 9.17) is 0 Å². The monoisotopic (exact) mass is 310 g/mol. The van der Waals surface area contributed by atoms with Crippen molar-refractivity contribution in [2.24, 2.45) is 0 Å². The Balaban J connectivity index is 3.50. The van der Waals surface area contributed by atoms with Crippen LogP contribution in [0.4, 0.5) is 14.5 Å². The van der Waals surface area contributed by atoms with Gasteiger partial charge in [-0.25, -0.2) is 18.6 Å². The van der Waals surface area contributed by atoms with Crippen LogP contribution in [-0.2, 0) is 4.74 Å². The van der Waals surface area contributed by atoms with E-state index in [0.29, 0.717) is 6.20 Å². The Hall–Kier alpha value is -1.64. The van der Waals surface area contributed by atoms with Crippen LogP contribution in [0.25, 0.3) is 0 Å². The van der Waals surface area contributed by atoms with Gasteiger partial charge < -0.3 is 4.74 Å². The Morgan fingerprint density at radius 3 is 2.65 bits per heavy atom. The van der Waals surface area contributed by atoms with Crippen molar-refractivity contribution >= 4 is 27.6 Å². The first-order valence-electron chi connectivity index (χ1n) is 4.09. The first kappa shape index (κ1) is 13.4. The summed E-state index contributed by atoms with van der Waals surface area (Å²) in [7, 11) is 0.995. The Morgan fingerprint density at radius 2 is 2.24 bits per heavy atom. The number of halogens is 3. The lowest BCUT2D eigenvalue weighted by Crippen LogP contribution is -2.11. The molecule has 0 aromatic carbocycles. The van der Waals surface area contributed by atoms with Crippen LogP contribution < -0.4 is 0 Å². The molecule has 1 aromatic heterocycles. The van der Waals surface area contributed by atoms with Gasteiger partial charge in [-0.1, -0.05) is 0 Å². The van der Waals surface area contributed by atoms with Crippen molar-refractivity contribution in [3.8, 4) is 0 Å². The average Bonchev–Trinajstić information content (AvgIpc) is 2.26. The van der Waals surface area contributed by atoms with E-state index in [9.17, 15) is 23.7 Å². The van der Waals surface area contributed by atoms with Crippen LogP contribution in [-0.4, -0.2) is 23.0 Å². The molecule has 0 aliphatic rings. The summed E-state index contributed by atoms with van der Waals surface area (Å²) < 4.78 is 29.2. The number of nitro groups is 1. The van der Waals surface area contributed by atoms with Crippen LogP contribution >= 0.6 is 15.9 Å². The Morgan fingerprint density at radius 1 is 1.65 bits per heavy atom. The smallest absolute Gasteiger partial charge is 0.357 e. The molecule has 0 atom stereocenters. The van der Waals surface area contributed by atoms with E-state index in [2.05, 4.69) is 25.7 Å². The molecule has 9 heteroatoms. The third-order valence-electron chi connectivity index (χ3n) is 1.83. The van der Waals surface area contributed by atoms with Gasteiger partial charge in [0.15, 0.2) is 5.69 Å². The fourth-order valence-corrected chi connectivity index (χ4v) is 1.69. The number of carbonyl (C=O) groups excluding carboxylic acids is 1. The molecule has 0 spiro atoms. The third-order valence-corrected chi connectivity index (χ3v) is 2.66. The highest BCUT2D eigenvalue weighted by Gasteiger charge is 2.29. The molecule has 1 heterocycles. The van der Waals surface area contributed by atoms with Crippen molar-refractivity contribution in [2.75, 3.05) is 7.11 Å². The number of alkyl halides is 2. The molecular formula is C8H5BrF2N2O4. The number of methoxy groups -OCH3 is 1. The number of hydrogen-bond acceptors (Lipinski definition) is 5. The largest absolute Gasteiger partial charge is 0.464 e. The van der Waals surface area contributed by atoms with Gasteiger partial charge in [0.05, 0.1) is 17.6 Å². The second-order valence-electron chi connectivity index (χ2n) is 2.77. The summed E-state index contributed by atoms with van der Waals surface area (Å²) in [5.74, 6) is -1.09. The standard InChI is InChI=1S/C8H5BrF2N2O4/c1-17-8(14)6-4(7(10)11)5(9)3(2-12-6)13(15)16/h2,7H,1H3. The molecule has 0 N–H and O–H groups in total. The topological polar surface area (TPSA) is 82.3 Å². The lowest BCUT2D eigenvalue weighted by atomic mass is 10.2. The normalized spacial score (nSPS) is 10.4. The minimum absolute atomic E-state index is 0.479. The van der Waals surface area contributed by atoms with Crippen molar-refractivity contribution in [2.45, 2.75) is 6.43 Å². The van der Waals surface area contributed by atoms with Gasteiger partial charge in [0.1, 0.15) is 10.7 Å². The molecule has 0 bridgehead atoms. The predicted octanol–water partition coefficient (Wildman–Crippen LogP) is 2.48. The SMILES string of the molecule is COC(=O)c1ncc([N+](=O)[O-])c(Br)c1C(F)F. The number of carbonyl (C=O) groups is 1. The predicted molar refractivity (Wildman–Crippen MR) is 54.9 cm³/mol. The van der Waals surface area contributed by atoms with Crippen molar-refractivity contribution in [1.29, 1.82) is 0 Å². The van der Waals surface area contributed by atoms with Crippen molar-refractivity contribution < 1.29 is 23.2 Å². The zero-order valence-corrected chi connectivity index (χ0v) is 9.90. The number of nitrogens with zero attached hydrogens (tertiary/aromatic N) is 2. The molecule has 0 saturated heterocycles. The average molecular weight is 311 g/mol. The number of esters is 1. The Bertz CT molecular complexity index is 481. The summed E-state index contributed by atoms with van der Waals surface area (Å²) in [4.78, 5) is 24.1. The second-order valence-corrected chi connectivity index (χ2v) is 3.56. The van der Waals surface area contributed by atoms with Crippen LogP contribution in [0.15, 0.2) is 10.7 Å². The highest BCUT2D eigenvalue weighted by Crippen LogP contribution is 2.35. The minimum Gasteiger partial charge on any atom is -0.464 e. The molecule has 1 rings (SSSR count). The maximum Gasteiger partial charge on any atom is 0.357 e. The van der Waals surface area contributed by atoms with Crippen molar-refractivity contribution in [1.82, 2.24) is 4.98 Å². The summed E-state index contributed by atoms with van der Waals surface area (Å²) in [5, 5.41) is 10.5. The Kier molecular flexibility index (Phi) is 4.05. The van der Waals surface area contributed by atoms with Crippen LogP contribution in [0.5, 0.6) is 0 Å². The summed E-state index contributed by atoms with van der Waals surface area (Å²) in [6.07, 6.45) is -2.38. The molecule has 6 nitrogen and oxygen atoms in total. The summed E-state index contributed by atoms with van der Waals surface area (Å²) in [6.45, 7) is 0. The number of hydrogen-bond donors (Lipinski definition) is 0. The molecule has 0 aliphatic carbocycles. The lowest BCUT2D eigenvalue weighted by Gasteiger charge is -2.08. The second kappa shape index (κ2) is 5.13. The van der Waals surface area contributed by atoms with E-state index in [1.807, 2.05) is 0 Å². The summed E-state index contributed by atoms with van der Waals surface area (Å²) in [5.41, 5.74) is -2.15. The summed E-state index contributed by atoms with van der Waals surface area (Å²) in [6, 6.07) is 0. The van der Waals surface area contributed by atoms with E-state index < -0.39 is 38.7 Å². The zero-order valence-electron chi connectivity index (χ0n) is 8.32. The van der Waals surface area contributed by atoms with Gasteiger partial charge in [0.2, 0.25) is 0 Å². The molecule has 92 valence electrons. The minimum atomic E-state index is -3.09. The quantitative estimate of drug-likeness (QED) is 0.486. The van der Waals surface area contributed by atoms with Crippen molar-refractivity contribution in [3.63, 3.8) is 0 Å². The van der Waals surface area contributed by atoms with Gasteiger partial charge >= 0.3 is 11.7 Å². The van der Waals surface area contributed by atoms with Gasteiger partial charge in [0, 0.05) is 0 Å². The number of ether oxygens (including phenoxy) is 1. The van der Waals surface area contributed by atoms with E-state index in [1.165, 1.54) is 0 Å². The Labute approximate surface area is 102 Å². The number of aromatic nitrogens is 1. The van der Waals surface area contributed by atoms with Crippen LogP contribution in [0.1, 0.15) is 22.5 Å². The van der Waals surface area contributed by atoms with Crippen LogP contribution in [0.2, 0.25) is 0 Å². The first-order chi connectivity index (χ1) is 7.90. The highest BCUT2D eigenvalue weighted by molar-refractivity contribution is 9.10. The maximum atomic E-state index is 12.7. The van der Waals surface area contributed by atoms with E-state index in [0.717, 1.165) is 7.11 Å². The van der Waals surface area contributed by atoms with Crippen LogP contribution in [0, 0.1) is 10.1 Å². The molecular weight excluding hydrogens is 306 g/mol. The number of rotatable bonds is 3.